The third-order valence-electron chi connectivity index (χ3n) is 7.94. The second-order valence-electron chi connectivity index (χ2n) is 11.0. The first-order chi connectivity index (χ1) is 20.5. The molecule has 10 nitrogen and oxygen atoms in total. The average Bonchev–Trinajstić information content (AvgIpc) is 3.29. The summed E-state index contributed by atoms with van der Waals surface area (Å²) in [6.07, 6.45) is -2.20. The fourth-order valence-corrected chi connectivity index (χ4v) is 5.88. The van der Waals surface area contributed by atoms with Crippen molar-refractivity contribution in [2.75, 3.05) is 18.5 Å². The number of ketones is 1. The summed E-state index contributed by atoms with van der Waals surface area (Å²) < 4.78 is 69.1. The molecule has 2 amide bonds. The maximum atomic E-state index is 14.7. The normalized spacial score (nSPS) is 22.9. The quantitative estimate of drug-likeness (QED) is 0.284. The third kappa shape index (κ3) is 6.01. The lowest BCUT2D eigenvalue weighted by molar-refractivity contribution is -0.275. The smallest absolute Gasteiger partial charge is 0.491 e. The molecule has 1 saturated carbocycles. The Balaban J connectivity index is 1.19. The highest BCUT2D eigenvalue weighted by atomic mass is 19.4. The SMILES string of the molecule is CC(=O)c1nn(CC(=O)N2[C@@H]3C[C@@H]3C[C@H]2C(=O)Nc2cccc(OC(F)(F)F)c2F)c2ccc(OCC3CCCO3)cc12. The molecule has 3 aromatic rings. The number of fused-ring (bicyclic) bond motifs is 2. The zero-order valence-electron chi connectivity index (χ0n) is 23.0. The van der Waals surface area contributed by atoms with E-state index in [-0.39, 0.29) is 36.1 Å². The van der Waals surface area contributed by atoms with Crippen molar-refractivity contribution < 1.29 is 46.2 Å². The van der Waals surface area contributed by atoms with Crippen LogP contribution in [-0.4, -0.2) is 70.0 Å². The van der Waals surface area contributed by atoms with Gasteiger partial charge in [-0.15, -0.1) is 13.2 Å². The van der Waals surface area contributed by atoms with Crippen molar-refractivity contribution in [2.24, 2.45) is 5.92 Å². The second kappa shape index (κ2) is 11.1. The van der Waals surface area contributed by atoms with Crippen LogP contribution in [0.15, 0.2) is 36.4 Å². The summed E-state index contributed by atoms with van der Waals surface area (Å²) in [5.74, 6) is -3.32. The highest BCUT2D eigenvalue weighted by molar-refractivity contribution is 6.05. The molecular weight excluding hydrogens is 576 g/mol. The molecule has 0 radical (unpaired) electrons. The van der Waals surface area contributed by atoms with Gasteiger partial charge in [0, 0.05) is 25.0 Å². The molecule has 14 heteroatoms. The number of ether oxygens (including phenoxy) is 3. The molecule has 0 spiro atoms. The molecule has 3 heterocycles. The molecule has 3 aliphatic rings. The summed E-state index contributed by atoms with van der Waals surface area (Å²) in [4.78, 5) is 40.6. The first kappa shape index (κ1) is 28.9. The fraction of sp³-hybridized carbons (Fsp3) is 0.448. The van der Waals surface area contributed by atoms with Gasteiger partial charge in [-0.25, -0.2) is 4.39 Å². The number of amides is 2. The number of anilines is 1. The molecule has 1 N–H and O–H groups in total. The Morgan fingerprint density at radius 3 is 2.70 bits per heavy atom. The van der Waals surface area contributed by atoms with Gasteiger partial charge in [0.15, 0.2) is 17.3 Å². The Morgan fingerprint density at radius 2 is 1.98 bits per heavy atom. The van der Waals surface area contributed by atoms with Crippen molar-refractivity contribution in [3.63, 3.8) is 0 Å². The van der Waals surface area contributed by atoms with Crippen molar-refractivity contribution in [2.45, 2.75) is 63.7 Å². The van der Waals surface area contributed by atoms with E-state index in [2.05, 4.69) is 15.2 Å². The standard InChI is InChI=1S/C29H28F4N4O6/c1-15(38)27-19-12-17(42-14-18-4-3-9-41-18)7-8-21(19)36(35-27)13-25(39)37-22-10-16(22)11-23(37)28(40)34-20-5-2-6-24(26(20)30)43-29(31,32)33/h2,5-8,12,16,18,22-23H,3-4,9-11,13-14H2,1H3,(H,34,40)/t16-,18?,22-,23+/m1/s1. The summed E-state index contributed by atoms with van der Waals surface area (Å²) in [6, 6.07) is 6.98. The Hall–Kier alpha value is -4.20. The highest BCUT2D eigenvalue weighted by Crippen LogP contribution is 2.48. The van der Waals surface area contributed by atoms with Crippen molar-refractivity contribution >= 4 is 34.2 Å². The molecule has 0 bridgehead atoms. The summed E-state index contributed by atoms with van der Waals surface area (Å²) in [6.45, 7) is 2.18. The third-order valence-corrected chi connectivity index (χ3v) is 7.94. The van der Waals surface area contributed by atoms with E-state index >= 15 is 0 Å². The van der Waals surface area contributed by atoms with Crippen LogP contribution in [0.2, 0.25) is 0 Å². The van der Waals surface area contributed by atoms with Crippen LogP contribution in [0.4, 0.5) is 23.2 Å². The summed E-state index contributed by atoms with van der Waals surface area (Å²) in [5.41, 5.74) is 0.197. The minimum atomic E-state index is -5.11. The van der Waals surface area contributed by atoms with Crippen LogP contribution < -0.4 is 14.8 Å². The van der Waals surface area contributed by atoms with Gasteiger partial charge in [-0.1, -0.05) is 6.07 Å². The number of likely N-dealkylation sites (tertiary alicyclic amines) is 1. The van der Waals surface area contributed by atoms with Crippen LogP contribution in [-0.2, 0) is 20.9 Å². The van der Waals surface area contributed by atoms with Crippen molar-refractivity contribution in [3.8, 4) is 11.5 Å². The molecule has 6 rings (SSSR count). The zero-order chi connectivity index (χ0) is 30.5. The number of carbonyl (C=O) groups is 3. The van der Waals surface area contributed by atoms with Gasteiger partial charge in [-0.3, -0.25) is 19.1 Å². The van der Waals surface area contributed by atoms with Gasteiger partial charge in [-0.05, 0) is 61.9 Å². The molecule has 228 valence electrons. The van der Waals surface area contributed by atoms with Gasteiger partial charge >= 0.3 is 6.36 Å². The fourth-order valence-electron chi connectivity index (χ4n) is 5.88. The number of halogens is 4. The van der Waals surface area contributed by atoms with Gasteiger partial charge in [0.25, 0.3) is 0 Å². The monoisotopic (exact) mass is 604 g/mol. The lowest BCUT2D eigenvalue weighted by Gasteiger charge is -2.27. The number of Topliss-reactive ketones (excluding diaryl/α,β-unsaturated/α-hetero) is 1. The maximum Gasteiger partial charge on any atom is 0.573 e. The van der Waals surface area contributed by atoms with E-state index in [4.69, 9.17) is 9.47 Å². The first-order valence-electron chi connectivity index (χ1n) is 13.9. The molecular formula is C29H28F4N4O6. The summed E-state index contributed by atoms with van der Waals surface area (Å²) >= 11 is 0. The van der Waals surface area contributed by atoms with Crippen LogP contribution in [0.5, 0.6) is 11.5 Å². The second-order valence-corrected chi connectivity index (χ2v) is 11.0. The molecule has 1 aromatic heterocycles. The minimum Gasteiger partial charge on any atom is -0.491 e. The number of alkyl halides is 3. The maximum absolute atomic E-state index is 14.7. The average molecular weight is 605 g/mol. The number of carbonyl (C=O) groups excluding carboxylic acids is 3. The molecule has 2 saturated heterocycles. The predicted octanol–water partition coefficient (Wildman–Crippen LogP) is 4.46. The van der Waals surface area contributed by atoms with E-state index in [1.54, 1.807) is 18.2 Å². The predicted molar refractivity (Wildman–Crippen MR) is 143 cm³/mol. The number of nitrogens with zero attached hydrogens (tertiary/aromatic N) is 3. The molecule has 1 aliphatic carbocycles. The van der Waals surface area contributed by atoms with E-state index < -0.39 is 41.5 Å². The van der Waals surface area contributed by atoms with E-state index in [1.165, 1.54) is 16.5 Å². The van der Waals surface area contributed by atoms with Gasteiger partial charge in [-0.2, -0.15) is 5.10 Å². The van der Waals surface area contributed by atoms with Gasteiger partial charge < -0.3 is 24.4 Å². The number of hydrogen-bond donors (Lipinski definition) is 1. The van der Waals surface area contributed by atoms with Crippen molar-refractivity contribution in [1.82, 2.24) is 14.7 Å². The van der Waals surface area contributed by atoms with E-state index in [0.29, 0.717) is 42.7 Å². The summed E-state index contributed by atoms with van der Waals surface area (Å²) in [7, 11) is 0. The first-order valence-corrected chi connectivity index (χ1v) is 13.9. The number of aromatic nitrogens is 2. The topological polar surface area (TPSA) is 112 Å². The lowest BCUT2D eigenvalue weighted by Crippen LogP contribution is -2.46. The van der Waals surface area contributed by atoms with Crippen molar-refractivity contribution in [3.05, 3.63) is 47.9 Å². The van der Waals surface area contributed by atoms with E-state index in [1.807, 2.05) is 0 Å². The molecule has 2 aliphatic heterocycles. The molecule has 4 atom stereocenters. The van der Waals surface area contributed by atoms with Crippen LogP contribution >= 0.6 is 0 Å². The van der Waals surface area contributed by atoms with Crippen LogP contribution in [0.1, 0.15) is 43.1 Å². The Bertz CT molecular complexity index is 1580. The number of nitrogens with one attached hydrogen (secondary N) is 1. The Kier molecular flexibility index (Phi) is 7.48. The molecule has 43 heavy (non-hydrogen) atoms. The number of rotatable bonds is 9. The highest BCUT2D eigenvalue weighted by Gasteiger charge is 2.56. The number of benzene rings is 2. The largest absolute Gasteiger partial charge is 0.573 e. The molecule has 3 fully saturated rings. The van der Waals surface area contributed by atoms with Gasteiger partial charge in [0.2, 0.25) is 11.8 Å². The Labute approximate surface area is 242 Å². The van der Waals surface area contributed by atoms with E-state index in [9.17, 15) is 31.9 Å². The Morgan fingerprint density at radius 1 is 1.16 bits per heavy atom. The molecule has 1 unspecified atom stereocenters. The number of hydrogen-bond acceptors (Lipinski definition) is 7. The van der Waals surface area contributed by atoms with Crippen LogP contribution in [0, 0.1) is 11.7 Å². The lowest BCUT2D eigenvalue weighted by atomic mass is 10.1. The minimum absolute atomic E-state index is 0.00818. The molecule has 2 aromatic carbocycles. The van der Waals surface area contributed by atoms with Gasteiger partial charge in [0.05, 0.1) is 17.3 Å². The van der Waals surface area contributed by atoms with Gasteiger partial charge in [0.1, 0.15) is 30.6 Å². The van der Waals surface area contributed by atoms with Crippen molar-refractivity contribution in [1.29, 1.82) is 0 Å². The van der Waals surface area contributed by atoms with Crippen LogP contribution in [0.3, 0.4) is 0 Å². The zero-order valence-corrected chi connectivity index (χ0v) is 23.0. The van der Waals surface area contributed by atoms with E-state index in [0.717, 1.165) is 31.0 Å². The van der Waals surface area contributed by atoms with Crippen LogP contribution in [0.25, 0.3) is 10.9 Å². The summed E-state index contributed by atoms with van der Waals surface area (Å²) in [5, 5.41) is 7.21. The number of piperidine rings is 1.